The van der Waals surface area contributed by atoms with Crippen LogP contribution in [0.3, 0.4) is 0 Å². The molecule has 0 fully saturated rings. The van der Waals surface area contributed by atoms with Crippen molar-refractivity contribution >= 4 is 121 Å². The van der Waals surface area contributed by atoms with Crippen molar-refractivity contribution in [3.8, 4) is 55.9 Å². The van der Waals surface area contributed by atoms with Crippen molar-refractivity contribution in [3.63, 3.8) is 0 Å². The molecule has 3 heterocycles. The molecule has 0 aliphatic heterocycles. The molecule has 98 heavy (non-hydrogen) atoms. The van der Waals surface area contributed by atoms with Gasteiger partial charge in [-0.1, -0.05) is 243 Å². The number of benzene rings is 16. The van der Waals surface area contributed by atoms with Crippen molar-refractivity contribution in [2.45, 2.75) is 0 Å². The first-order valence-electron chi connectivity index (χ1n) is 33.5. The van der Waals surface area contributed by atoms with Gasteiger partial charge in [0.15, 0.2) is 0 Å². The van der Waals surface area contributed by atoms with Crippen LogP contribution in [-0.4, -0.2) is 14.1 Å². The first kappa shape index (κ1) is 56.5. The Morgan fingerprint density at radius 1 is 0.184 bits per heavy atom. The highest BCUT2D eigenvalue weighted by atomic mass is 15.2. The lowest BCUT2D eigenvalue weighted by Crippen LogP contribution is -2.14. The van der Waals surface area contributed by atoms with E-state index in [0.717, 1.165) is 90.0 Å². The maximum atomic E-state index is 4.91. The van der Waals surface area contributed by atoms with Crippen molar-refractivity contribution in [3.05, 3.63) is 370 Å². The molecule has 0 spiro atoms. The summed E-state index contributed by atoms with van der Waals surface area (Å²) < 4.78 is 4.86. The smallest absolute Gasteiger partial charge is 0.0541 e. The van der Waals surface area contributed by atoms with Crippen LogP contribution < -0.4 is 9.80 Å². The number of hydrogen-bond acceptors (Lipinski definition) is 3. The molecule has 0 N–H and O–H groups in total. The van der Waals surface area contributed by atoms with Gasteiger partial charge in [0.05, 0.1) is 22.1 Å². The lowest BCUT2D eigenvalue weighted by molar-refractivity contribution is 1.13. The van der Waals surface area contributed by atoms with Crippen molar-refractivity contribution in [2.24, 2.45) is 0 Å². The third-order valence-corrected chi connectivity index (χ3v) is 19.8. The SMILES string of the molecule is c1ccc2cc(N(c3cc(-c4ccc(-c5cncc(-c6ccc(-c7cc(-n8c9ccccc9c9ccccc98)cc(-n8c9ccccc9c9ccccc98)c7)cc6)c5)cc4)cc(N(c4ccc5ccccc5c4)c4ccc5ccccc5c4)c3)c3ccc4ccccc4c3)ccc2c1. The summed E-state index contributed by atoms with van der Waals surface area (Å²) in [4.78, 5) is 9.77. The number of hydrogen-bond donors (Lipinski definition) is 0. The van der Waals surface area contributed by atoms with E-state index in [4.69, 9.17) is 4.98 Å². The molecule has 0 unspecified atom stereocenters. The second kappa shape index (κ2) is 23.4. The fourth-order valence-electron chi connectivity index (χ4n) is 15.1. The van der Waals surface area contributed by atoms with E-state index in [2.05, 4.69) is 377 Å². The van der Waals surface area contributed by atoms with E-state index in [1.54, 1.807) is 0 Å². The average molecular weight is 1250 g/mol. The molecular weight excluding hydrogens is 1190 g/mol. The van der Waals surface area contributed by atoms with Crippen molar-refractivity contribution < 1.29 is 0 Å². The van der Waals surface area contributed by atoms with Crippen LogP contribution in [0.25, 0.3) is 143 Å². The predicted molar refractivity (Wildman–Crippen MR) is 414 cm³/mol. The van der Waals surface area contributed by atoms with Gasteiger partial charge in [-0.15, -0.1) is 0 Å². The molecule has 0 bridgehead atoms. The Kier molecular flexibility index (Phi) is 13.5. The van der Waals surface area contributed by atoms with E-state index in [9.17, 15) is 0 Å². The Labute approximate surface area is 567 Å². The minimum absolute atomic E-state index is 1.03. The fraction of sp³-hybridized carbons (Fsp3) is 0. The predicted octanol–water partition coefficient (Wildman–Crippen LogP) is 25.5. The minimum atomic E-state index is 1.03. The summed E-state index contributed by atoms with van der Waals surface area (Å²) in [7, 11) is 0. The summed E-state index contributed by atoms with van der Waals surface area (Å²) in [6.45, 7) is 0. The fourth-order valence-corrected chi connectivity index (χ4v) is 15.1. The van der Waals surface area contributed by atoms with Crippen LogP contribution in [0.4, 0.5) is 34.1 Å². The molecule has 0 radical (unpaired) electrons. The topological polar surface area (TPSA) is 29.2 Å². The zero-order valence-corrected chi connectivity index (χ0v) is 53.5. The van der Waals surface area contributed by atoms with Gasteiger partial charge in [0.1, 0.15) is 0 Å². The van der Waals surface area contributed by atoms with Crippen LogP contribution >= 0.6 is 0 Å². The van der Waals surface area contributed by atoms with Gasteiger partial charge in [-0.05, 0) is 192 Å². The summed E-state index contributed by atoms with van der Waals surface area (Å²) >= 11 is 0. The number of rotatable bonds is 12. The lowest BCUT2D eigenvalue weighted by atomic mass is 9.97. The van der Waals surface area contributed by atoms with Gasteiger partial charge in [-0.25, -0.2) is 0 Å². The van der Waals surface area contributed by atoms with Crippen molar-refractivity contribution in [1.29, 1.82) is 0 Å². The molecule has 19 rings (SSSR count). The lowest BCUT2D eigenvalue weighted by Gasteiger charge is -2.31. The second-order valence-electron chi connectivity index (χ2n) is 25.6. The Morgan fingerprint density at radius 3 is 0.786 bits per heavy atom. The summed E-state index contributed by atoms with van der Waals surface area (Å²) in [6.07, 6.45) is 3.97. The molecular formula is C93H61N5. The molecule has 5 nitrogen and oxygen atoms in total. The molecule has 0 saturated carbocycles. The average Bonchev–Trinajstić information content (AvgIpc) is 1.53. The number of fused-ring (bicyclic) bond motifs is 10. The van der Waals surface area contributed by atoms with E-state index in [-0.39, 0.29) is 0 Å². The Hall–Kier alpha value is -13.1. The van der Waals surface area contributed by atoms with Gasteiger partial charge >= 0.3 is 0 Å². The van der Waals surface area contributed by atoms with Gasteiger partial charge in [-0.3, -0.25) is 4.98 Å². The zero-order valence-electron chi connectivity index (χ0n) is 53.5. The van der Waals surface area contributed by atoms with E-state index in [1.165, 1.54) is 86.7 Å². The molecule has 0 saturated heterocycles. The van der Waals surface area contributed by atoms with Crippen LogP contribution in [0.1, 0.15) is 0 Å². The summed E-state index contributed by atoms with van der Waals surface area (Å²) in [5, 5.41) is 14.4. The summed E-state index contributed by atoms with van der Waals surface area (Å²) in [5.74, 6) is 0. The molecule has 16 aromatic carbocycles. The van der Waals surface area contributed by atoms with E-state index in [0.29, 0.717) is 0 Å². The third kappa shape index (κ3) is 9.91. The minimum Gasteiger partial charge on any atom is -0.310 e. The molecule has 0 amide bonds. The van der Waals surface area contributed by atoms with Crippen LogP contribution in [-0.2, 0) is 0 Å². The van der Waals surface area contributed by atoms with Crippen LogP contribution in [0, 0.1) is 0 Å². The highest BCUT2D eigenvalue weighted by Gasteiger charge is 2.23. The van der Waals surface area contributed by atoms with E-state index in [1.807, 2.05) is 12.4 Å². The molecule has 458 valence electrons. The van der Waals surface area contributed by atoms with Crippen LogP contribution in [0.2, 0.25) is 0 Å². The highest BCUT2D eigenvalue weighted by Crippen LogP contribution is 2.47. The Balaban J connectivity index is 0.719. The molecule has 0 aliphatic carbocycles. The summed E-state index contributed by atoms with van der Waals surface area (Å²) in [5.41, 5.74) is 21.9. The molecule has 0 aliphatic rings. The number of nitrogens with zero attached hydrogens (tertiary/aromatic N) is 5. The first-order chi connectivity index (χ1) is 48.5. The van der Waals surface area contributed by atoms with Crippen LogP contribution in [0.15, 0.2) is 370 Å². The Morgan fingerprint density at radius 2 is 0.459 bits per heavy atom. The maximum Gasteiger partial charge on any atom is 0.0541 e. The van der Waals surface area contributed by atoms with Crippen molar-refractivity contribution in [1.82, 2.24) is 14.1 Å². The van der Waals surface area contributed by atoms with Gasteiger partial charge in [-0.2, -0.15) is 0 Å². The quantitative estimate of drug-likeness (QED) is 0.122. The first-order valence-corrected chi connectivity index (χ1v) is 33.5. The van der Waals surface area contributed by atoms with E-state index >= 15 is 0 Å². The standard InChI is InChI=1S/C93H61N5/c1-5-21-70-50-78(45-41-62(70)17-1)95(79-46-42-63-18-2-6-22-71(63)51-79)82-54-74(55-83(58-82)96(80-47-43-64-19-3-7-23-72(64)52-80)81-48-44-65-20-4-8-24-73(65)53-81)66-33-37-68(38-34-66)76-49-77(61-94-60-76)69-39-35-67(36-40-69)75-56-84(97-90-29-13-9-25-86(90)87-26-10-14-30-91(87)97)59-85(57-75)98-92-31-15-11-27-88(92)89-28-12-16-32-93(89)98/h1-61H. The van der Waals surface area contributed by atoms with Gasteiger partial charge < -0.3 is 18.9 Å². The number of aromatic nitrogens is 3. The molecule has 5 heteroatoms. The zero-order chi connectivity index (χ0) is 64.6. The number of anilines is 6. The summed E-state index contributed by atoms with van der Waals surface area (Å²) in [6, 6.07) is 131. The maximum absolute atomic E-state index is 4.91. The molecule has 3 aromatic heterocycles. The van der Waals surface area contributed by atoms with E-state index < -0.39 is 0 Å². The van der Waals surface area contributed by atoms with Crippen molar-refractivity contribution in [2.75, 3.05) is 9.80 Å². The van der Waals surface area contributed by atoms with Crippen LogP contribution in [0.5, 0.6) is 0 Å². The normalized spacial score (nSPS) is 11.7. The second-order valence-corrected chi connectivity index (χ2v) is 25.6. The number of para-hydroxylation sites is 4. The largest absolute Gasteiger partial charge is 0.310 e. The highest BCUT2D eigenvalue weighted by molar-refractivity contribution is 6.11. The van der Waals surface area contributed by atoms with Gasteiger partial charge in [0.25, 0.3) is 0 Å². The molecule has 0 atom stereocenters. The van der Waals surface area contributed by atoms with Gasteiger partial charge in [0.2, 0.25) is 0 Å². The Bertz CT molecular complexity index is 5760. The monoisotopic (exact) mass is 1250 g/mol. The third-order valence-electron chi connectivity index (χ3n) is 19.8. The van der Waals surface area contributed by atoms with Gasteiger partial charge in [0, 0.05) is 90.6 Å². The number of pyridine rings is 1. The molecule has 19 aromatic rings.